The molecule has 1 saturated heterocycles. The molecule has 3 aromatic carbocycles. The summed E-state index contributed by atoms with van der Waals surface area (Å²) >= 11 is 0. The number of aliphatic hydroxyl groups is 1. The number of ketones is 1. The van der Waals surface area contributed by atoms with E-state index in [1.165, 1.54) is 4.90 Å². The second-order valence-electron chi connectivity index (χ2n) is 9.54. The van der Waals surface area contributed by atoms with Gasteiger partial charge in [0.15, 0.2) is 0 Å². The zero-order chi connectivity index (χ0) is 25.7. The summed E-state index contributed by atoms with van der Waals surface area (Å²) in [4.78, 5) is 38.0. The molecule has 1 amide bonds. The fraction of sp³-hybridized carbons (Fsp3) is 0.207. The summed E-state index contributed by atoms with van der Waals surface area (Å²) in [6.45, 7) is 5.96. The molecule has 0 aliphatic carbocycles. The van der Waals surface area contributed by atoms with Crippen molar-refractivity contribution in [2.24, 2.45) is 0 Å². The molecule has 7 nitrogen and oxygen atoms in total. The Balaban J connectivity index is 1.72. The molecule has 7 heteroatoms. The molecule has 2 N–H and O–H groups in total. The van der Waals surface area contributed by atoms with Crippen molar-refractivity contribution in [1.82, 2.24) is 9.97 Å². The van der Waals surface area contributed by atoms with Crippen molar-refractivity contribution in [3.63, 3.8) is 0 Å². The van der Waals surface area contributed by atoms with Crippen LogP contribution in [0.1, 0.15) is 33.9 Å². The van der Waals surface area contributed by atoms with Crippen molar-refractivity contribution in [2.75, 3.05) is 23.9 Å². The number of H-pyrrole nitrogens is 1. The number of rotatable bonds is 4. The molecule has 36 heavy (non-hydrogen) atoms. The molecule has 0 spiro atoms. The maximum Gasteiger partial charge on any atom is 0.302 e. The highest BCUT2D eigenvalue weighted by Gasteiger charge is 2.48. The minimum Gasteiger partial charge on any atom is -0.507 e. The Bertz CT molecular complexity index is 1490. The number of anilines is 2. The van der Waals surface area contributed by atoms with E-state index in [0.717, 1.165) is 27.9 Å². The molecule has 182 valence electrons. The number of amides is 1. The van der Waals surface area contributed by atoms with Gasteiger partial charge in [-0.3, -0.25) is 14.5 Å². The fourth-order valence-corrected chi connectivity index (χ4v) is 4.56. The number of nitrogens with zero attached hydrogens (tertiary/aromatic N) is 3. The monoisotopic (exact) mass is 480 g/mol. The number of aromatic amines is 1. The Labute approximate surface area is 209 Å². The summed E-state index contributed by atoms with van der Waals surface area (Å²) in [7, 11) is 3.88. The van der Waals surface area contributed by atoms with Gasteiger partial charge >= 0.3 is 5.91 Å². The second kappa shape index (κ2) is 8.68. The summed E-state index contributed by atoms with van der Waals surface area (Å²) in [6, 6.07) is 17.9. The molecule has 1 atom stereocenters. The molecule has 0 bridgehead atoms. The first-order valence-corrected chi connectivity index (χ1v) is 11.8. The first-order chi connectivity index (χ1) is 17.2. The molecule has 1 aliphatic rings. The van der Waals surface area contributed by atoms with Crippen LogP contribution in [0.4, 0.5) is 11.6 Å². The third-order valence-electron chi connectivity index (χ3n) is 6.81. The zero-order valence-corrected chi connectivity index (χ0v) is 21.0. The summed E-state index contributed by atoms with van der Waals surface area (Å²) in [5.41, 5.74) is 6.86. The summed E-state index contributed by atoms with van der Waals surface area (Å²) in [5, 5.41) is 11.3. The number of benzene rings is 3. The first-order valence-electron chi connectivity index (χ1n) is 11.8. The van der Waals surface area contributed by atoms with Gasteiger partial charge in [-0.15, -0.1) is 0 Å². The van der Waals surface area contributed by atoms with E-state index in [0.29, 0.717) is 16.6 Å². The van der Waals surface area contributed by atoms with Crippen LogP contribution >= 0.6 is 0 Å². The molecule has 2 heterocycles. The highest BCUT2D eigenvalue weighted by Crippen LogP contribution is 2.42. The van der Waals surface area contributed by atoms with Gasteiger partial charge in [0, 0.05) is 25.3 Å². The Morgan fingerprint density at radius 1 is 0.944 bits per heavy atom. The number of nitrogens with one attached hydrogen (secondary N) is 1. The van der Waals surface area contributed by atoms with Crippen molar-refractivity contribution in [3.05, 3.63) is 94.1 Å². The first kappa shape index (κ1) is 23.4. The average molecular weight is 481 g/mol. The molecule has 1 fully saturated rings. The molecular formula is C29H28N4O3. The Hall–Kier alpha value is -4.39. The van der Waals surface area contributed by atoms with Crippen LogP contribution in [0.25, 0.3) is 16.8 Å². The third-order valence-corrected chi connectivity index (χ3v) is 6.81. The van der Waals surface area contributed by atoms with Crippen LogP contribution < -0.4 is 9.80 Å². The lowest BCUT2D eigenvalue weighted by Crippen LogP contribution is -2.30. The number of aliphatic hydroxyl groups excluding tert-OH is 1. The van der Waals surface area contributed by atoms with Gasteiger partial charge in [0.25, 0.3) is 5.78 Å². The highest BCUT2D eigenvalue weighted by atomic mass is 16.3. The number of fused-ring (bicyclic) bond motifs is 1. The van der Waals surface area contributed by atoms with E-state index in [1.807, 2.05) is 88.3 Å². The van der Waals surface area contributed by atoms with Crippen molar-refractivity contribution < 1.29 is 14.7 Å². The van der Waals surface area contributed by atoms with Gasteiger partial charge in [-0.25, -0.2) is 4.98 Å². The smallest absolute Gasteiger partial charge is 0.302 e. The van der Waals surface area contributed by atoms with Gasteiger partial charge < -0.3 is 15.0 Å². The second-order valence-corrected chi connectivity index (χ2v) is 9.54. The maximum absolute atomic E-state index is 13.4. The Kier molecular flexibility index (Phi) is 5.63. The maximum atomic E-state index is 13.4. The molecule has 0 radical (unpaired) electrons. The van der Waals surface area contributed by atoms with Crippen molar-refractivity contribution in [1.29, 1.82) is 0 Å². The highest BCUT2D eigenvalue weighted by molar-refractivity contribution is 6.51. The lowest BCUT2D eigenvalue weighted by atomic mass is 9.95. The standard InChI is InChI=1S/C29H28N4O3/c1-16-6-8-20(9-7-16)26(34)24-25(19-10-12-21(13-11-19)32(4)5)33(28(36)27(24)35)29-30-22-14-17(2)18(3)15-23(22)31-29/h6-15,25,34H,1-5H3,(H,30,31)/b26-24+. The number of imidazole rings is 1. The molecule has 1 unspecified atom stereocenters. The lowest BCUT2D eigenvalue weighted by Gasteiger charge is -2.23. The quantitative estimate of drug-likeness (QED) is 0.239. The SMILES string of the molecule is Cc1ccc(/C(O)=C2\C(=O)C(=O)N(c3nc4cc(C)c(C)cc4[nH]3)C2c2ccc(N(C)C)cc2)cc1. The van der Waals surface area contributed by atoms with Crippen molar-refractivity contribution in [2.45, 2.75) is 26.8 Å². The topological polar surface area (TPSA) is 89.5 Å². The summed E-state index contributed by atoms with van der Waals surface area (Å²) in [5.74, 6) is -1.43. The van der Waals surface area contributed by atoms with Gasteiger partial charge in [-0.05, 0) is 61.7 Å². The zero-order valence-electron chi connectivity index (χ0n) is 21.0. The minimum absolute atomic E-state index is 0.0364. The molecular weight excluding hydrogens is 452 g/mol. The Morgan fingerprint density at radius 3 is 2.22 bits per heavy atom. The van der Waals surface area contributed by atoms with Crippen LogP contribution in [0, 0.1) is 20.8 Å². The van der Waals surface area contributed by atoms with Crippen LogP contribution in [0.15, 0.2) is 66.2 Å². The predicted octanol–water partition coefficient (Wildman–Crippen LogP) is 5.18. The number of aryl methyl sites for hydroxylation is 3. The summed E-state index contributed by atoms with van der Waals surface area (Å²) in [6.07, 6.45) is 0. The normalized spacial score (nSPS) is 17.2. The van der Waals surface area contributed by atoms with Crippen LogP contribution in [0.3, 0.4) is 0 Å². The lowest BCUT2D eigenvalue weighted by molar-refractivity contribution is -0.132. The number of hydrogen-bond donors (Lipinski definition) is 2. The van der Waals surface area contributed by atoms with E-state index in [-0.39, 0.29) is 17.3 Å². The average Bonchev–Trinajstić information content (AvgIpc) is 3.37. The predicted molar refractivity (Wildman–Crippen MR) is 142 cm³/mol. The number of hydrogen-bond acceptors (Lipinski definition) is 5. The van der Waals surface area contributed by atoms with Crippen molar-refractivity contribution in [3.8, 4) is 0 Å². The molecule has 4 aromatic rings. The number of Topliss-reactive ketones (excluding diaryl/α,β-unsaturated/α-hetero) is 1. The van der Waals surface area contributed by atoms with Gasteiger partial charge in [0.1, 0.15) is 5.76 Å². The molecule has 1 aromatic heterocycles. The minimum atomic E-state index is -0.842. The van der Waals surface area contributed by atoms with E-state index in [9.17, 15) is 14.7 Å². The number of carbonyl (C=O) groups is 2. The van der Waals surface area contributed by atoms with Crippen LogP contribution in [-0.4, -0.2) is 40.9 Å². The molecule has 1 aliphatic heterocycles. The van der Waals surface area contributed by atoms with E-state index < -0.39 is 17.7 Å². The van der Waals surface area contributed by atoms with Gasteiger partial charge in [-0.2, -0.15) is 0 Å². The van der Waals surface area contributed by atoms with Crippen LogP contribution in [-0.2, 0) is 9.59 Å². The molecule has 5 rings (SSSR count). The van der Waals surface area contributed by atoms with E-state index in [2.05, 4.69) is 9.97 Å². The van der Waals surface area contributed by atoms with E-state index in [1.54, 1.807) is 12.1 Å². The van der Waals surface area contributed by atoms with Gasteiger partial charge in [-0.1, -0.05) is 42.0 Å². The number of carbonyl (C=O) groups excluding carboxylic acids is 2. The van der Waals surface area contributed by atoms with Gasteiger partial charge in [0.05, 0.1) is 22.6 Å². The fourth-order valence-electron chi connectivity index (χ4n) is 4.56. The molecule has 0 saturated carbocycles. The largest absolute Gasteiger partial charge is 0.507 e. The van der Waals surface area contributed by atoms with Crippen molar-refractivity contribution >= 4 is 40.1 Å². The summed E-state index contributed by atoms with van der Waals surface area (Å²) < 4.78 is 0. The van der Waals surface area contributed by atoms with Crippen LogP contribution in [0.2, 0.25) is 0 Å². The third kappa shape index (κ3) is 3.82. The van der Waals surface area contributed by atoms with Gasteiger partial charge in [0.2, 0.25) is 5.95 Å². The van der Waals surface area contributed by atoms with E-state index >= 15 is 0 Å². The Morgan fingerprint density at radius 2 is 1.58 bits per heavy atom. The van der Waals surface area contributed by atoms with E-state index in [4.69, 9.17) is 0 Å². The van der Waals surface area contributed by atoms with Crippen LogP contribution in [0.5, 0.6) is 0 Å². The number of aromatic nitrogens is 2.